The van der Waals surface area contributed by atoms with Crippen LogP contribution in [-0.4, -0.2) is 47.4 Å². The summed E-state index contributed by atoms with van der Waals surface area (Å²) in [4.78, 5) is 14.7. The van der Waals surface area contributed by atoms with Crippen LogP contribution < -0.4 is 4.74 Å². The normalized spacial score (nSPS) is 20.0. The molecule has 26 heavy (non-hydrogen) atoms. The SMILES string of the molecule is Cc1ccccc1OCCN(C)C(=O)[C@@H]1CCCO[C@H]1c1ccnn1C. The van der Waals surface area contributed by atoms with Crippen LogP contribution in [0.4, 0.5) is 0 Å². The quantitative estimate of drug-likeness (QED) is 0.798. The number of amides is 1. The predicted octanol–water partition coefficient (Wildman–Crippen LogP) is 2.73. The molecule has 0 N–H and O–H groups in total. The van der Waals surface area contributed by atoms with E-state index in [2.05, 4.69) is 5.10 Å². The molecule has 0 radical (unpaired) electrons. The van der Waals surface area contributed by atoms with E-state index in [1.807, 2.05) is 51.4 Å². The van der Waals surface area contributed by atoms with Crippen LogP contribution in [0.2, 0.25) is 0 Å². The highest BCUT2D eigenvalue weighted by atomic mass is 16.5. The number of para-hydroxylation sites is 1. The molecule has 1 amide bonds. The molecular formula is C20H27N3O3. The fourth-order valence-corrected chi connectivity index (χ4v) is 3.39. The van der Waals surface area contributed by atoms with Crippen LogP contribution in [0.3, 0.4) is 0 Å². The second kappa shape index (κ2) is 8.36. The number of carbonyl (C=O) groups excluding carboxylic acids is 1. The summed E-state index contributed by atoms with van der Waals surface area (Å²) in [6, 6.07) is 9.83. The summed E-state index contributed by atoms with van der Waals surface area (Å²) in [7, 11) is 3.72. The average molecular weight is 357 g/mol. The number of benzene rings is 1. The van der Waals surface area contributed by atoms with Crippen LogP contribution >= 0.6 is 0 Å². The molecule has 1 aliphatic heterocycles. The van der Waals surface area contributed by atoms with Gasteiger partial charge in [-0.2, -0.15) is 5.10 Å². The van der Waals surface area contributed by atoms with E-state index in [1.165, 1.54) is 0 Å². The van der Waals surface area contributed by atoms with E-state index in [1.54, 1.807) is 15.8 Å². The van der Waals surface area contributed by atoms with E-state index in [0.29, 0.717) is 19.8 Å². The molecule has 0 saturated carbocycles. The molecule has 1 aromatic heterocycles. The van der Waals surface area contributed by atoms with Gasteiger partial charge in [0.15, 0.2) is 0 Å². The van der Waals surface area contributed by atoms with Crippen molar-refractivity contribution in [2.45, 2.75) is 25.9 Å². The lowest BCUT2D eigenvalue weighted by atomic mass is 9.91. The van der Waals surface area contributed by atoms with E-state index in [-0.39, 0.29) is 17.9 Å². The Balaban J connectivity index is 1.59. The van der Waals surface area contributed by atoms with Crippen LogP contribution in [0.5, 0.6) is 5.75 Å². The molecule has 1 saturated heterocycles. The maximum absolute atomic E-state index is 13.0. The highest BCUT2D eigenvalue weighted by Crippen LogP contribution is 2.34. The van der Waals surface area contributed by atoms with Crippen molar-refractivity contribution in [3.63, 3.8) is 0 Å². The Morgan fingerprint density at radius 1 is 1.38 bits per heavy atom. The van der Waals surface area contributed by atoms with Gasteiger partial charge in [-0.3, -0.25) is 9.48 Å². The van der Waals surface area contributed by atoms with Crippen molar-refractivity contribution >= 4 is 5.91 Å². The fourth-order valence-electron chi connectivity index (χ4n) is 3.39. The summed E-state index contributed by atoms with van der Waals surface area (Å²) < 4.78 is 13.6. The zero-order valence-corrected chi connectivity index (χ0v) is 15.7. The maximum Gasteiger partial charge on any atom is 0.228 e. The topological polar surface area (TPSA) is 56.6 Å². The molecule has 0 aliphatic carbocycles. The third-order valence-corrected chi connectivity index (χ3v) is 4.94. The Morgan fingerprint density at radius 2 is 2.19 bits per heavy atom. The zero-order valence-electron chi connectivity index (χ0n) is 15.7. The standard InChI is InChI=1S/C20H27N3O3/c1-15-7-4-5-9-18(15)25-14-12-22(2)20(24)16-8-6-13-26-19(16)17-10-11-21-23(17)3/h4-5,7,9-11,16,19H,6,8,12-14H2,1-3H3/t16-,19-/m1/s1. The van der Waals surface area contributed by atoms with Gasteiger partial charge in [0.25, 0.3) is 0 Å². The summed E-state index contributed by atoms with van der Waals surface area (Å²) in [6.45, 7) is 3.71. The highest BCUT2D eigenvalue weighted by molar-refractivity contribution is 5.79. The summed E-state index contributed by atoms with van der Waals surface area (Å²) in [5.74, 6) is 0.786. The number of rotatable bonds is 6. The smallest absolute Gasteiger partial charge is 0.228 e. The Kier molecular flexibility index (Phi) is 5.93. The van der Waals surface area contributed by atoms with Gasteiger partial charge in [0, 0.05) is 26.9 Å². The molecule has 2 heterocycles. The van der Waals surface area contributed by atoms with Crippen molar-refractivity contribution < 1.29 is 14.3 Å². The summed E-state index contributed by atoms with van der Waals surface area (Å²) >= 11 is 0. The van der Waals surface area contributed by atoms with Gasteiger partial charge in [0.05, 0.1) is 18.2 Å². The molecule has 0 unspecified atom stereocenters. The van der Waals surface area contributed by atoms with E-state index in [4.69, 9.17) is 9.47 Å². The lowest BCUT2D eigenvalue weighted by Gasteiger charge is -2.33. The molecular weight excluding hydrogens is 330 g/mol. The average Bonchev–Trinajstić information content (AvgIpc) is 3.08. The monoisotopic (exact) mass is 357 g/mol. The Morgan fingerprint density at radius 3 is 2.92 bits per heavy atom. The van der Waals surface area contributed by atoms with Crippen molar-refractivity contribution in [3.05, 3.63) is 47.8 Å². The predicted molar refractivity (Wildman–Crippen MR) is 98.9 cm³/mol. The lowest BCUT2D eigenvalue weighted by molar-refractivity contribution is -0.144. The first kappa shape index (κ1) is 18.5. The van der Waals surface area contributed by atoms with Crippen LogP contribution in [0.25, 0.3) is 0 Å². The number of likely N-dealkylation sites (N-methyl/N-ethyl adjacent to an activating group) is 1. The van der Waals surface area contributed by atoms with Crippen molar-refractivity contribution in [1.29, 1.82) is 0 Å². The Labute approximate surface area is 154 Å². The number of nitrogens with zero attached hydrogens (tertiary/aromatic N) is 3. The highest BCUT2D eigenvalue weighted by Gasteiger charge is 2.36. The summed E-state index contributed by atoms with van der Waals surface area (Å²) in [5, 5.41) is 4.21. The number of aryl methyl sites for hydroxylation is 2. The van der Waals surface area contributed by atoms with Crippen LogP contribution in [0.15, 0.2) is 36.5 Å². The molecule has 0 spiro atoms. The van der Waals surface area contributed by atoms with Gasteiger partial charge in [-0.15, -0.1) is 0 Å². The van der Waals surface area contributed by atoms with Gasteiger partial charge in [0.2, 0.25) is 5.91 Å². The fraction of sp³-hybridized carbons (Fsp3) is 0.500. The molecule has 2 atom stereocenters. The van der Waals surface area contributed by atoms with Crippen molar-refractivity contribution in [1.82, 2.24) is 14.7 Å². The second-order valence-electron chi connectivity index (χ2n) is 6.79. The first-order valence-electron chi connectivity index (χ1n) is 9.11. The van der Waals surface area contributed by atoms with Crippen molar-refractivity contribution in [3.8, 4) is 5.75 Å². The van der Waals surface area contributed by atoms with E-state index >= 15 is 0 Å². The van der Waals surface area contributed by atoms with Crippen molar-refractivity contribution in [2.24, 2.45) is 13.0 Å². The third-order valence-electron chi connectivity index (χ3n) is 4.94. The lowest BCUT2D eigenvalue weighted by Crippen LogP contribution is -2.40. The number of ether oxygens (including phenoxy) is 2. The number of aromatic nitrogens is 2. The number of hydrogen-bond donors (Lipinski definition) is 0. The number of hydrogen-bond acceptors (Lipinski definition) is 4. The van der Waals surface area contributed by atoms with Gasteiger partial charge in [-0.25, -0.2) is 0 Å². The minimum Gasteiger partial charge on any atom is -0.491 e. The van der Waals surface area contributed by atoms with Gasteiger partial charge in [-0.1, -0.05) is 18.2 Å². The molecule has 2 aromatic rings. The maximum atomic E-state index is 13.0. The molecule has 0 bridgehead atoms. The largest absolute Gasteiger partial charge is 0.491 e. The van der Waals surface area contributed by atoms with E-state index < -0.39 is 0 Å². The second-order valence-corrected chi connectivity index (χ2v) is 6.79. The zero-order chi connectivity index (χ0) is 18.5. The minimum atomic E-state index is -0.233. The van der Waals surface area contributed by atoms with Crippen LogP contribution in [0.1, 0.15) is 30.2 Å². The van der Waals surface area contributed by atoms with Gasteiger partial charge in [-0.05, 0) is 37.5 Å². The first-order chi connectivity index (χ1) is 12.6. The van der Waals surface area contributed by atoms with Crippen LogP contribution in [0, 0.1) is 12.8 Å². The Bertz CT molecular complexity index is 743. The molecule has 6 heteroatoms. The number of carbonyl (C=O) groups is 1. The Hall–Kier alpha value is -2.34. The summed E-state index contributed by atoms with van der Waals surface area (Å²) in [5.41, 5.74) is 2.05. The van der Waals surface area contributed by atoms with E-state index in [9.17, 15) is 4.79 Å². The molecule has 3 rings (SSSR count). The molecule has 1 fully saturated rings. The van der Waals surface area contributed by atoms with E-state index in [0.717, 1.165) is 29.8 Å². The molecule has 140 valence electrons. The molecule has 1 aliphatic rings. The molecule has 6 nitrogen and oxygen atoms in total. The summed E-state index contributed by atoms with van der Waals surface area (Å²) in [6.07, 6.45) is 3.24. The first-order valence-corrected chi connectivity index (χ1v) is 9.11. The van der Waals surface area contributed by atoms with Crippen molar-refractivity contribution in [2.75, 3.05) is 26.8 Å². The van der Waals surface area contributed by atoms with Crippen LogP contribution in [-0.2, 0) is 16.6 Å². The van der Waals surface area contributed by atoms with Gasteiger partial charge >= 0.3 is 0 Å². The van der Waals surface area contributed by atoms with Gasteiger partial charge in [0.1, 0.15) is 18.5 Å². The van der Waals surface area contributed by atoms with Gasteiger partial charge < -0.3 is 14.4 Å². The molecule has 1 aromatic carbocycles. The minimum absolute atomic E-state index is 0.101. The third kappa shape index (κ3) is 4.07.